The van der Waals surface area contributed by atoms with E-state index in [4.69, 9.17) is 10.2 Å². The number of benzene rings is 1. The zero-order chi connectivity index (χ0) is 9.26. The Morgan fingerprint density at radius 2 is 2.00 bits per heavy atom. The lowest BCUT2D eigenvalue weighted by Crippen LogP contribution is -1.89. The van der Waals surface area contributed by atoms with Gasteiger partial charge in [-0.15, -0.1) is 0 Å². The van der Waals surface area contributed by atoms with Crippen LogP contribution in [0.2, 0.25) is 0 Å². The first-order valence-corrected chi connectivity index (χ1v) is 3.85. The lowest BCUT2D eigenvalue weighted by Gasteiger charge is -1.99. The summed E-state index contributed by atoms with van der Waals surface area (Å²) in [4.78, 5) is 0. The van der Waals surface area contributed by atoms with Crippen LogP contribution in [0.3, 0.4) is 0 Å². The first kappa shape index (κ1) is 7.86. The smallest absolute Gasteiger partial charge is 0.146 e. The number of halogens is 1. The SMILES string of the molecule is Nc1cc(-c2ccoc2)ccc1F. The molecule has 0 aliphatic heterocycles. The minimum absolute atomic E-state index is 0.152. The van der Waals surface area contributed by atoms with Crippen LogP contribution >= 0.6 is 0 Å². The highest BCUT2D eigenvalue weighted by molar-refractivity contribution is 5.66. The topological polar surface area (TPSA) is 39.2 Å². The number of nitrogen functional groups attached to an aromatic ring is 1. The molecule has 0 bridgehead atoms. The molecule has 0 aliphatic carbocycles. The Morgan fingerprint density at radius 3 is 2.62 bits per heavy atom. The minimum Gasteiger partial charge on any atom is -0.472 e. The van der Waals surface area contributed by atoms with E-state index in [1.54, 1.807) is 30.7 Å². The molecule has 2 aromatic rings. The zero-order valence-electron chi connectivity index (χ0n) is 6.83. The highest BCUT2D eigenvalue weighted by Gasteiger charge is 2.02. The summed E-state index contributed by atoms with van der Waals surface area (Å²) in [7, 11) is 0. The predicted molar refractivity (Wildman–Crippen MR) is 48.5 cm³/mol. The van der Waals surface area contributed by atoms with Crippen LogP contribution in [0.5, 0.6) is 0 Å². The molecule has 0 aliphatic rings. The van der Waals surface area contributed by atoms with Crippen LogP contribution in [0.1, 0.15) is 0 Å². The summed E-state index contributed by atoms with van der Waals surface area (Å²) >= 11 is 0. The second kappa shape index (κ2) is 2.94. The summed E-state index contributed by atoms with van der Waals surface area (Å²) in [6, 6.07) is 6.39. The molecule has 0 spiro atoms. The van der Waals surface area contributed by atoms with Gasteiger partial charge in [0.05, 0.1) is 18.2 Å². The maximum Gasteiger partial charge on any atom is 0.146 e. The van der Waals surface area contributed by atoms with Crippen molar-refractivity contribution in [2.75, 3.05) is 5.73 Å². The third-order valence-corrected chi connectivity index (χ3v) is 1.85. The molecule has 0 unspecified atom stereocenters. The van der Waals surface area contributed by atoms with Crippen molar-refractivity contribution in [3.63, 3.8) is 0 Å². The molecule has 13 heavy (non-hydrogen) atoms. The maximum atomic E-state index is 12.8. The van der Waals surface area contributed by atoms with Crippen LogP contribution in [-0.4, -0.2) is 0 Å². The average Bonchev–Trinajstić information content (AvgIpc) is 2.62. The quantitative estimate of drug-likeness (QED) is 0.680. The summed E-state index contributed by atoms with van der Waals surface area (Å²) in [5, 5.41) is 0. The van der Waals surface area contributed by atoms with E-state index < -0.39 is 5.82 Å². The highest BCUT2D eigenvalue weighted by atomic mass is 19.1. The van der Waals surface area contributed by atoms with Crippen molar-refractivity contribution in [1.82, 2.24) is 0 Å². The Hall–Kier alpha value is -1.77. The van der Waals surface area contributed by atoms with Gasteiger partial charge in [-0.05, 0) is 23.8 Å². The average molecular weight is 177 g/mol. The van der Waals surface area contributed by atoms with E-state index in [9.17, 15) is 4.39 Å². The molecule has 3 heteroatoms. The third kappa shape index (κ3) is 1.40. The van der Waals surface area contributed by atoms with Crippen molar-refractivity contribution in [3.8, 4) is 11.1 Å². The monoisotopic (exact) mass is 177 g/mol. The van der Waals surface area contributed by atoms with E-state index in [2.05, 4.69) is 0 Å². The molecule has 2 rings (SSSR count). The van der Waals surface area contributed by atoms with Crippen molar-refractivity contribution in [2.45, 2.75) is 0 Å². The Kier molecular flexibility index (Phi) is 1.77. The Balaban J connectivity index is 2.49. The van der Waals surface area contributed by atoms with Crippen LogP contribution in [-0.2, 0) is 0 Å². The van der Waals surface area contributed by atoms with Gasteiger partial charge in [-0.2, -0.15) is 0 Å². The van der Waals surface area contributed by atoms with Crippen LogP contribution in [0.4, 0.5) is 10.1 Å². The number of nitrogens with two attached hydrogens (primary N) is 1. The lowest BCUT2D eigenvalue weighted by molar-refractivity contribution is 0.568. The second-order valence-electron chi connectivity index (χ2n) is 2.75. The first-order valence-electron chi connectivity index (χ1n) is 3.85. The summed E-state index contributed by atoms with van der Waals surface area (Å²) in [5.74, 6) is -0.396. The molecule has 66 valence electrons. The fourth-order valence-corrected chi connectivity index (χ4v) is 1.15. The number of furan rings is 1. The minimum atomic E-state index is -0.396. The fourth-order valence-electron chi connectivity index (χ4n) is 1.15. The summed E-state index contributed by atoms with van der Waals surface area (Å²) in [5.41, 5.74) is 7.32. The van der Waals surface area contributed by atoms with Crippen LogP contribution < -0.4 is 5.73 Å². The van der Waals surface area contributed by atoms with Gasteiger partial charge in [0.1, 0.15) is 5.82 Å². The van der Waals surface area contributed by atoms with Gasteiger partial charge in [0.15, 0.2) is 0 Å². The number of anilines is 1. The fraction of sp³-hybridized carbons (Fsp3) is 0. The van der Waals surface area contributed by atoms with Gasteiger partial charge in [-0.1, -0.05) is 6.07 Å². The van der Waals surface area contributed by atoms with Gasteiger partial charge in [-0.25, -0.2) is 4.39 Å². The molecule has 0 saturated carbocycles. The van der Waals surface area contributed by atoms with Gasteiger partial charge in [0, 0.05) is 5.56 Å². The van der Waals surface area contributed by atoms with Crippen molar-refractivity contribution in [2.24, 2.45) is 0 Å². The molecule has 0 amide bonds. The van der Waals surface area contributed by atoms with E-state index in [0.717, 1.165) is 11.1 Å². The Labute approximate surface area is 74.8 Å². The highest BCUT2D eigenvalue weighted by Crippen LogP contribution is 2.23. The molecule has 1 aromatic heterocycles. The van der Waals surface area contributed by atoms with E-state index in [-0.39, 0.29) is 5.69 Å². The summed E-state index contributed by atoms with van der Waals surface area (Å²) in [6.07, 6.45) is 3.15. The summed E-state index contributed by atoms with van der Waals surface area (Å²) in [6.45, 7) is 0. The third-order valence-electron chi connectivity index (χ3n) is 1.85. The van der Waals surface area contributed by atoms with Crippen molar-refractivity contribution < 1.29 is 8.81 Å². The van der Waals surface area contributed by atoms with Crippen molar-refractivity contribution in [1.29, 1.82) is 0 Å². The van der Waals surface area contributed by atoms with Gasteiger partial charge in [0.2, 0.25) is 0 Å². The van der Waals surface area contributed by atoms with E-state index in [0.29, 0.717) is 0 Å². The van der Waals surface area contributed by atoms with Crippen molar-refractivity contribution >= 4 is 5.69 Å². The zero-order valence-corrected chi connectivity index (χ0v) is 6.83. The van der Waals surface area contributed by atoms with Gasteiger partial charge >= 0.3 is 0 Å². The molecule has 0 fully saturated rings. The lowest BCUT2D eigenvalue weighted by atomic mass is 10.1. The molecule has 0 saturated heterocycles. The van der Waals surface area contributed by atoms with E-state index in [1.807, 2.05) is 0 Å². The number of hydrogen-bond acceptors (Lipinski definition) is 2. The molecular formula is C10H8FNO. The standard InChI is InChI=1S/C10H8FNO/c11-9-2-1-7(5-10(9)12)8-3-4-13-6-8/h1-6H,12H2. The first-order chi connectivity index (χ1) is 6.27. The molecule has 0 atom stereocenters. The van der Waals surface area contributed by atoms with Crippen LogP contribution in [0.15, 0.2) is 41.2 Å². The molecular weight excluding hydrogens is 169 g/mol. The molecule has 1 aromatic carbocycles. The Morgan fingerprint density at radius 1 is 1.15 bits per heavy atom. The largest absolute Gasteiger partial charge is 0.472 e. The number of rotatable bonds is 1. The maximum absolute atomic E-state index is 12.8. The van der Waals surface area contributed by atoms with Crippen molar-refractivity contribution in [3.05, 3.63) is 42.6 Å². The molecule has 1 heterocycles. The second-order valence-corrected chi connectivity index (χ2v) is 2.75. The van der Waals surface area contributed by atoms with E-state index >= 15 is 0 Å². The molecule has 0 radical (unpaired) electrons. The molecule has 2 nitrogen and oxygen atoms in total. The van der Waals surface area contributed by atoms with E-state index in [1.165, 1.54) is 6.07 Å². The molecule has 2 N–H and O–H groups in total. The Bertz CT molecular complexity index is 409. The van der Waals surface area contributed by atoms with Crippen LogP contribution in [0, 0.1) is 5.82 Å². The normalized spacial score (nSPS) is 10.2. The summed E-state index contributed by atoms with van der Waals surface area (Å²) < 4.78 is 17.7. The van der Waals surface area contributed by atoms with Crippen LogP contribution in [0.25, 0.3) is 11.1 Å². The van der Waals surface area contributed by atoms with Gasteiger partial charge < -0.3 is 10.2 Å². The van der Waals surface area contributed by atoms with Gasteiger partial charge in [0.25, 0.3) is 0 Å². The number of hydrogen-bond donors (Lipinski definition) is 1. The predicted octanol–water partition coefficient (Wildman–Crippen LogP) is 2.67. The van der Waals surface area contributed by atoms with Gasteiger partial charge in [-0.3, -0.25) is 0 Å².